The van der Waals surface area contributed by atoms with Crippen molar-refractivity contribution >= 4 is 111 Å². The Morgan fingerprint density at radius 1 is 0.480 bits per heavy atom. The summed E-state index contributed by atoms with van der Waals surface area (Å²) in [5, 5.41) is 64.9. The maximum atomic E-state index is 12.7. The molecule has 652 valence electrons. The molecule has 13 aromatic rings. The molecule has 0 atom stereocenters. The molecule has 0 radical (unpaired) electrons. The van der Waals surface area contributed by atoms with Gasteiger partial charge in [-0.15, -0.1) is 15.2 Å². The zero-order valence-electron chi connectivity index (χ0n) is 72.4. The molecule has 36 heteroatoms. The van der Waals surface area contributed by atoms with Gasteiger partial charge in [0.15, 0.2) is 35.0 Å². The number of fused-ring (bicyclic) bond motifs is 4. The number of hydrogen-bond acceptors (Lipinski definition) is 21. The Kier molecular flexibility index (Phi) is 27.3. The van der Waals surface area contributed by atoms with Gasteiger partial charge in [0.25, 0.3) is 11.6 Å². The monoisotopic (exact) mass is 1770 g/mol. The molecule has 0 bridgehead atoms. The van der Waals surface area contributed by atoms with Crippen LogP contribution in [0.5, 0.6) is 23.0 Å². The van der Waals surface area contributed by atoms with E-state index in [1.807, 2.05) is 30.3 Å². The van der Waals surface area contributed by atoms with E-state index in [0.717, 1.165) is 60.8 Å². The van der Waals surface area contributed by atoms with Gasteiger partial charge in [0.1, 0.15) is 46.6 Å². The standard InChI is InChI=1S/C24H18N6O2.C18H16N4O2.C14H28B2O2.C11H12ClN3O.C11H14N4O3.C7H4ClNO.C6H3ClN2/c1-26-22-12-18(9-10-27-22)32-17-6-5-16(13-25)19(11-17)20-7-8-21-23(28-20)29(2)24(31)30(21)14-15-3-4-15;1-21-17-16(22(18(21)24)10-11-2-3-11)7-6-15(20-17)14-8-13(23)5-4-12(14)9-19;1-11(2)9-15(10-12(11,3)4)16-17-13(5,6)14(7,8)18-16;1-14-10-8(4-5-9(12)13-10)15(11(14)16)6-7-2-3-7;1-13-10-8(4-5-9(12-10)15(17)18)14(11(13)16)6-7-2-3-7;8-7-3-6(10)2-1-5(7)4-9;1-8-6-4-5(7)2-3-9-6/h5-12,15H,3-4,14H2,2H3;4-8,11,23H,2-3,10H2,1H3;9-10H2,1-8H3;4-5,7H,2-3,6H2,1H3;4-5,7,17-18H,2-3,6H2,1H3;1-3,10H;2-4H. The van der Waals surface area contributed by atoms with Crippen molar-refractivity contribution in [2.45, 2.75) is 157 Å². The van der Waals surface area contributed by atoms with Crippen molar-refractivity contribution in [3.05, 3.63) is 236 Å². The number of hydrogen-bond donors (Lipinski definition) is 4. The number of benzene rings is 3. The molecule has 2 saturated heterocycles. The first kappa shape index (κ1) is 91.8. The second-order valence-corrected chi connectivity index (χ2v) is 36.2. The van der Waals surface area contributed by atoms with E-state index < -0.39 is 0 Å². The lowest BCUT2D eigenvalue weighted by Crippen LogP contribution is -2.41. The van der Waals surface area contributed by atoms with Crippen LogP contribution in [-0.2, 0) is 63.7 Å². The predicted octanol–water partition coefficient (Wildman–Crippen LogP) is 17.3. The van der Waals surface area contributed by atoms with Crippen molar-refractivity contribution in [1.29, 1.82) is 15.8 Å². The molecule has 0 amide bonds. The molecular weight excluding hydrogens is 1680 g/mol. The van der Waals surface area contributed by atoms with E-state index in [-0.39, 0.29) is 74.4 Å². The van der Waals surface area contributed by atoms with E-state index >= 15 is 0 Å². The van der Waals surface area contributed by atoms with E-state index in [4.69, 9.17) is 87.8 Å². The van der Waals surface area contributed by atoms with Gasteiger partial charge in [-0.2, -0.15) is 15.8 Å². The highest BCUT2D eigenvalue weighted by atomic mass is 35.5. The molecule has 6 aliphatic rings. The van der Waals surface area contributed by atoms with Crippen molar-refractivity contribution in [2.75, 3.05) is 5.23 Å². The fourth-order valence-electron chi connectivity index (χ4n) is 15.1. The zero-order chi connectivity index (χ0) is 91.5. The number of nitriles is 3. The number of imidazole rings is 4. The number of aryl methyl sites for hydroxylation is 4. The molecule has 0 spiro atoms. The first-order chi connectivity index (χ1) is 60.3. The second kappa shape index (κ2) is 37.7. The first-order valence-corrected chi connectivity index (χ1v) is 42.6. The van der Waals surface area contributed by atoms with Gasteiger partial charge in [-0.3, -0.25) is 47.0 Å². The van der Waals surface area contributed by atoms with Crippen molar-refractivity contribution in [2.24, 2.45) is 62.7 Å². The highest BCUT2D eigenvalue weighted by molar-refractivity contribution is 7.17. The molecule has 31 nitrogen and oxygen atoms in total. The first-order valence-electron chi connectivity index (χ1n) is 41.5. The number of pyridine rings is 6. The average Bonchev–Trinajstić information content (AvgIpc) is 1.54. The molecule has 4 saturated carbocycles. The van der Waals surface area contributed by atoms with Crippen LogP contribution >= 0.6 is 34.8 Å². The Hall–Kier alpha value is -12.9. The molecule has 2 aliphatic heterocycles. The molecule has 4 N–H and O–H groups in total. The largest absolute Gasteiger partial charge is 0.508 e. The SMILES string of the molecule is CC1(C)CB(B2OC(C)(C)C(C)(C)O2)CC1(C)C.Cn1c(=O)n(CC2CC2)c2ccc(-c3cc(O)ccc3C#N)nc21.Cn1c(=O)n(CC2CC2)c2ccc(Cl)nc21.Cn1c(=O)n(CC2CC2)c2ccc(N(O)O)nc21.N#Cc1ccc(O)cc1Cl.[C-]#[N+]c1cc(Cl)ccn1.[C-]#[N+]c1cc(Oc2ccc(C#N)c(-c3ccc4c(n3)n(C)c(=O)n4CC3CC3)c2)ccn1. The molecule has 127 heavy (non-hydrogen) atoms. The number of phenols is 2. The summed E-state index contributed by atoms with van der Waals surface area (Å²) in [6.45, 7) is 35.2. The third-order valence-corrected chi connectivity index (χ3v) is 25.2. The molecule has 4 aliphatic carbocycles. The van der Waals surface area contributed by atoms with Gasteiger partial charge < -0.3 is 33.9 Å². The average molecular weight is 1770 g/mol. The third-order valence-electron chi connectivity index (χ3n) is 24.4. The minimum atomic E-state index is -0.200. The van der Waals surface area contributed by atoms with Crippen LogP contribution < -0.4 is 32.7 Å². The van der Waals surface area contributed by atoms with Crippen molar-refractivity contribution in [3.8, 4) is 63.7 Å². The number of aromatic hydroxyl groups is 2. The predicted molar refractivity (Wildman–Crippen MR) is 487 cm³/mol. The lowest BCUT2D eigenvalue weighted by molar-refractivity contribution is 0.00578. The maximum absolute atomic E-state index is 12.7. The summed E-state index contributed by atoms with van der Waals surface area (Å²) in [6, 6.07) is 40.6. The van der Waals surface area contributed by atoms with Gasteiger partial charge in [-0.25, -0.2) is 39.1 Å². The van der Waals surface area contributed by atoms with Crippen LogP contribution in [-0.4, -0.2) is 112 Å². The van der Waals surface area contributed by atoms with Crippen LogP contribution in [0.25, 0.3) is 76.9 Å². The van der Waals surface area contributed by atoms with Gasteiger partial charge in [0.2, 0.25) is 0 Å². The summed E-state index contributed by atoms with van der Waals surface area (Å²) in [7, 11) is 6.75. The van der Waals surface area contributed by atoms with Gasteiger partial charge >= 0.3 is 29.8 Å². The Morgan fingerprint density at radius 3 is 1.27 bits per heavy atom. The van der Waals surface area contributed by atoms with E-state index in [9.17, 15) is 34.8 Å². The molecule has 6 fully saturated rings. The van der Waals surface area contributed by atoms with Crippen LogP contribution in [0.2, 0.25) is 27.8 Å². The smallest absolute Gasteiger partial charge is 0.407 e. The molecular formula is C91H95B2Cl3N20O11. The van der Waals surface area contributed by atoms with Crippen molar-refractivity contribution < 1.29 is 34.7 Å². The maximum Gasteiger partial charge on any atom is 0.407 e. The highest BCUT2D eigenvalue weighted by Gasteiger charge is 2.60. The third kappa shape index (κ3) is 21.0. The molecule has 19 rings (SSSR count). The Bertz CT molecular complexity index is 6790. The normalized spacial score (nSPS) is 15.9. The van der Waals surface area contributed by atoms with Crippen LogP contribution in [0.3, 0.4) is 0 Å². The summed E-state index contributed by atoms with van der Waals surface area (Å²) < 4.78 is 31.4. The minimum Gasteiger partial charge on any atom is -0.508 e. The summed E-state index contributed by atoms with van der Waals surface area (Å²) in [4.78, 5) is 80.9. The van der Waals surface area contributed by atoms with Crippen molar-refractivity contribution in [1.82, 2.24) is 66.4 Å². The highest BCUT2D eigenvalue weighted by Crippen LogP contribution is 2.55. The fourth-order valence-corrected chi connectivity index (χ4v) is 15.6. The lowest BCUT2D eigenvalue weighted by Gasteiger charge is -2.35. The molecule has 3 aromatic carbocycles. The number of anilines is 1. The van der Waals surface area contributed by atoms with E-state index in [2.05, 4.69) is 102 Å². The number of aromatic nitrogens is 14. The topological polar surface area (TPSA) is 377 Å². The Balaban J connectivity index is 0.000000131. The van der Waals surface area contributed by atoms with Crippen LogP contribution in [0, 0.1) is 81.6 Å². The summed E-state index contributed by atoms with van der Waals surface area (Å²) in [5.41, 5.74) is 9.09. The Morgan fingerprint density at radius 2 is 0.858 bits per heavy atom. The van der Waals surface area contributed by atoms with Gasteiger partial charge in [-0.1, -0.05) is 88.3 Å². The minimum absolute atomic E-state index is 0.00309. The Labute approximate surface area is 747 Å². The van der Waals surface area contributed by atoms with Gasteiger partial charge in [0.05, 0.1) is 78.5 Å². The van der Waals surface area contributed by atoms with Crippen LogP contribution in [0.1, 0.15) is 123 Å². The number of phenolic OH excluding ortho intramolecular Hbond substituents is 2. The van der Waals surface area contributed by atoms with Crippen molar-refractivity contribution in [3.63, 3.8) is 0 Å². The number of halogens is 3. The fraction of sp³-hybridized carbons (Fsp3) is 0.374. The molecule has 12 heterocycles. The van der Waals surface area contributed by atoms with Gasteiger partial charge in [-0.05, 0) is 229 Å². The molecule has 0 unspecified atom stereocenters. The van der Waals surface area contributed by atoms with E-state index in [1.54, 1.807) is 116 Å². The summed E-state index contributed by atoms with van der Waals surface area (Å²) in [5.74, 6) is 4.09. The molecule has 10 aromatic heterocycles. The number of rotatable bonds is 14. The summed E-state index contributed by atoms with van der Waals surface area (Å²) in [6.07, 6.45) is 14.8. The number of ether oxygens (including phenoxy) is 1. The quantitative estimate of drug-likeness (QED) is 0.0340. The van der Waals surface area contributed by atoms with Crippen LogP contribution in [0.4, 0.5) is 17.5 Å². The van der Waals surface area contributed by atoms with E-state index in [0.29, 0.717) is 143 Å². The zero-order valence-corrected chi connectivity index (χ0v) is 74.6. The van der Waals surface area contributed by atoms with Crippen LogP contribution in [0.15, 0.2) is 159 Å². The second-order valence-electron chi connectivity index (χ2n) is 34.9. The summed E-state index contributed by atoms with van der Waals surface area (Å²) >= 11 is 16.9. The van der Waals surface area contributed by atoms with Gasteiger partial charge in [0, 0.05) is 82.7 Å². The lowest BCUT2D eigenvalue weighted by atomic mass is 9.22. The van der Waals surface area contributed by atoms with E-state index in [1.165, 1.54) is 102 Å². The number of nitrogens with zero attached hydrogens (tertiary/aromatic N) is 20.